The Balaban J connectivity index is 2.04. The number of rotatable bonds is 11. The molecule has 3 aromatic carbocycles. The molecule has 3 rings (SSSR count). The minimum absolute atomic E-state index is 0.132. The van der Waals surface area contributed by atoms with Gasteiger partial charge in [0.05, 0.1) is 11.9 Å². The molecule has 3 aromatic rings. The van der Waals surface area contributed by atoms with Gasteiger partial charge >= 0.3 is 0 Å². The fourth-order valence-electron chi connectivity index (χ4n) is 4.11. The second-order valence-corrected chi connectivity index (χ2v) is 12.3. The molecule has 0 aliphatic carbocycles. The summed E-state index contributed by atoms with van der Waals surface area (Å²) in [7, 11) is -3.80. The molecule has 7 nitrogen and oxygen atoms in total. The largest absolute Gasteiger partial charge is 0.352 e. The molecular weight excluding hydrogens is 566 g/mol. The van der Waals surface area contributed by atoms with Gasteiger partial charge in [-0.3, -0.25) is 13.9 Å². The minimum atomic E-state index is -3.80. The van der Waals surface area contributed by atoms with E-state index in [1.54, 1.807) is 18.2 Å². The van der Waals surface area contributed by atoms with Gasteiger partial charge in [-0.2, -0.15) is 0 Å². The Morgan fingerprint density at radius 3 is 2.03 bits per heavy atom. The van der Waals surface area contributed by atoms with Crippen molar-refractivity contribution in [1.82, 2.24) is 10.2 Å². The summed E-state index contributed by atoms with van der Waals surface area (Å²) in [6, 6.07) is 23.0. The summed E-state index contributed by atoms with van der Waals surface area (Å²) in [5, 5.41) is 2.94. The van der Waals surface area contributed by atoms with Gasteiger partial charge in [-0.05, 0) is 55.7 Å². The average molecular weight is 601 g/mol. The van der Waals surface area contributed by atoms with Gasteiger partial charge in [0, 0.05) is 23.5 Å². The molecule has 0 saturated carbocycles. The number of sulfonamides is 1. The Hall–Kier alpha value is -3.17. The van der Waals surface area contributed by atoms with E-state index in [1.807, 2.05) is 81.4 Å². The van der Waals surface area contributed by atoms with Gasteiger partial charge in [-0.1, -0.05) is 76.6 Å². The number of nitrogens with zero attached hydrogens (tertiary/aromatic N) is 2. The number of nitrogens with one attached hydrogen (secondary N) is 1. The predicted octanol–water partition coefficient (Wildman–Crippen LogP) is 4.69. The molecule has 1 N–H and O–H groups in total. The smallest absolute Gasteiger partial charge is 0.244 e. The molecule has 0 saturated heterocycles. The maximum absolute atomic E-state index is 14.0. The highest BCUT2D eigenvalue weighted by atomic mass is 79.9. The van der Waals surface area contributed by atoms with Crippen LogP contribution in [0.1, 0.15) is 30.5 Å². The van der Waals surface area contributed by atoms with E-state index in [0.717, 1.165) is 31.7 Å². The fraction of sp³-hybridized carbons (Fsp3) is 0.310. The number of carbonyl (C=O) groups excluding carboxylic acids is 2. The first kappa shape index (κ1) is 29.4. The monoisotopic (exact) mass is 599 g/mol. The van der Waals surface area contributed by atoms with Crippen molar-refractivity contribution in [3.8, 4) is 0 Å². The second-order valence-electron chi connectivity index (χ2n) is 9.58. The third kappa shape index (κ3) is 8.16. The molecule has 0 bridgehead atoms. The van der Waals surface area contributed by atoms with Crippen molar-refractivity contribution < 1.29 is 18.0 Å². The predicted molar refractivity (Wildman–Crippen MR) is 155 cm³/mol. The zero-order valence-corrected chi connectivity index (χ0v) is 24.5. The quantitative estimate of drug-likeness (QED) is 0.346. The average Bonchev–Trinajstić information content (AvgIpc) is 2.86. The number of aryl methyl sites for hydroxylation is 1. The molecule has 0 aromatic heterocycles. The van der Waals surface area contributed by atoms with Gasteiger partial charge < -0.3 is 10.2 Å². The fourth-order valence-corrected chi connectivity index (χ4v) is 5.20. The van der Waals surface area contributed by atoms with E-state index in [1.165, 1.54) is 4.90 Å². The molecule has 0 spiro atoms. The molecule has 2 amide bonds. The topological polar surface area (TPSA) is 86.8 Å². The lowest BCUT2D eigenvalue weighted by Gasteiger charge is -2.34. The molecule has 0 radical (unpaired) electrons. The van der Waals surface area contributed by atoms with E-state index in [4.69, 9.17) is 0 Å². The van der Waals surface area contributed by atoms with Crippen LogP contribution in [0, 0.1) is 6.92 Å². The number of amides is 2. The summed E-state index contributed by atoms with van der Waals surface area (Å²) in [4.78, 5) is 29.0. The molecule has 1 atom stereocenters. The van der Waals surface area contributed by atoms with Crippen molar-refractivity contribution >= 4 is 43.5 Å². The van der Waals surface area contributed by atoms with Crippen LogP contribution in [0.15, 0.2) is 83.3 Å². The highest BCUT2D eigenvalue weighted by Gasteiger charge is 2.33. The highest BCUT2D eigenvalue weighted by Crippen LogP contribution is 2.25. The zero-order chi connectivity index (χ0) is 27.9. The number of hydrogen-bond donors (Lipinski definition) is 1. The lowest BCUT2D eigenvalue weighted by atomic mass is 10.0. The van der Waals surface area contributed by atoms with E-state index >= 15 is 0 Å². The highest BCUT2D eigenvalue weighted by molar-refractivity contribution is 9.10. The molecule has 9 heteroatoms. The van der Waals surface area contributed by atoms with Crippen LogP contribution in [0.25, 0.3) is 0 Å². The van der Waals surface area contributed by atoms with Crippen LogP contribution in [-0.4, -0.2) is 50.0 Å². The van der Waals surface area contributed by atoms with Gasteiger partial charge in [0.2, 0.25) is 21.8 Å². The van der Waals surface area contributed by atoms with Crippen LogP contribution >= 0.6 is 15.9 Å². The maximum Gasteiger partial charge on any atom is 0.244 e. The van der Waals surface area contributed by atoms with Gasteiger partial charge in [0.25, 0.3) is 0 Å². The zero-order valence-electron chi connectivity index (χ0n) is 22.1. The molecule has 0 unspecified atom stereocenters. The summed E-state index contributed by atoms with van der Waals surface area (Å²) >= 11 is 3.44. The Morgan fingerprint density at radius 2 is 1.50 bits per heavy atom. The lowest BCUT2D eigenvalue weighted by molar-refractivity contribution is -0.140. The first-order chi connectivity index (χ1) is 18.0. The van der Waals surface area contributed by atoms with Gasteiger partial charge in [-0.15, -0.1) is 0 Å². The number of hydrogen-bond acceptors (Lipinski definition) is 4. The van der Waals surface area contributed by atoms with Gasteiger partial charge in [0.15, 0.2) is 0 Å². The van der Waals surface area contributed by atoms with Crippen molar-refractivity contribution in [3.05, 3.63) is 100 Å². The van der Waals surface area contributed by atoms with E-state index in [9.17, 15) is 18.0 Å². The Bertz CT molecular complexity index is 1350. The standard InChI is InChI=1S/C29H34BrN3O4S/c1-21(2)31-29(35)27(18-23-11-7-5-8-12-23)32(19-24-13-9-6-10-14-24)28(34)20-33(38(4,36)37)25-15-16-26(30)22(3)17-25/h5-17,21,27H,18-20H2,1-4H3,(H,31,35)/t27-/m0/s1. The first-order valence-corrected chi connectivity index (χ1v) is 15.0. The summed E-state index contributed by atoms with van der Waals surface area (Å²) in [5.74, 6) is -0.766. The number of anilines is 1. The normalized spacial score (nSPS) is 12.2. The van der Waals surface area contributed by atoms with Gasteiger partial charge in [0.1, 0.15) is 12.6 Å². The van der Waals surface area contributed by atoms with Crippen LogP contribution < -0.4 is 9.62 Å². The Labute approximate surface area is 234 Å². The Morgan fingerprint density at radius 1 is 0.921 bits per heavy atom. The van der Waals surface area contributed by atoms with Crippen molar-refractivity contribution in [2.45, 2.75) is 45.8 Å². The minimum Gasteiger partial charge on any atom is -0.352 e. The molecular formula is C29H34BrN3O4S. The number of halogens is 1. The second kappa shape index (κ2) is 13.1. The third-order valence-corrected chi connectivity index (χ3v) is 8.04. The molecule has 38 heavy (non-hydrogen) atoms. The summed E-state index contributed by atoms with van der Waals surface area (Å²) < 4.78 is 27.6. The Kier molecular flexibility index (Phi) is 10.1. The van der Waals surface area contributed by atoms with Crippen LogP contribution in [0.3, 0.4) is 0 Å². The van der Waals surface area contributed by atoms with Crippen LogP contribution in [0.2, 0.25) is 0 Å². The SMILES string of the molecule is Cc1cc(N(CC(=O)N(Cc2ccccc2)[C@@H](Cc2ccccc2)C(=O)NC(C)C)S(C)(=O)=O)ccc1Br. The van der Waals surface area contributed by atoms with E-state index in [-0.39, 0.29) is 24.9 Å². The number of benzene rings is 3. The molecule has 0 aliphatic heterocycles. The first-order valence-electron chi connectivity index (χ1n) is 12.4. The van der Waals surface area contributed by atoms with E-state index < -0.39 is 28.5 Å². The van der Waals surface area contributed by atoms with Crippen molar-refractivity contribution in [3.63, 3.8) is 0 Å². The molecule has 0 heterocycles. The lowest BCUT2D eigenvalue weighted by Crippen LogP contribution is -2.54. The summed E-state index contributed by atoms with van der Waals surface area (Å²) in [5.41, 5.74) is 2.95. The summed E-state index contributed by atoms with van der Waals surface area (Å²) in [6.45, 7) is 5.29. The van der Waals surface area contributed by atoms with Crippen LogP contribution in [0.4, 0.5) is 5.69 Å². The summed E-state index contributed by atoms with van der Waals surface area (Å²) in [6.07, 6.45) is 1.36. The van der Waals surface area contributed by atoms with Crippen molar-refractivity contribution in [1.29, 1.82) is 0 Å². The van der Waals surface area contributed by atoms with Crippen molar-refractivity contribution in [2.75, 3.05) is 17.1 Å². The van der Waals surface area contributed by atoms with Crippen LogP contribution in [0.5, 0.6) is 0 Å². The van der Waals surface area contributed by atoms with E-state index in [0.29, 0.717) is 5.69 Å². The maximum atomic E-state index is 14.0. The van der Waals surface area contributed by atoms with Crippen molar-refractivity contribution in [2.24, 2.45) is 0 Å². The molecule has 202 valence electrons. The third-order valence-electron chi connectivity index (χ3n) is 6.01. The molecule has 0 aliphatic rings. The van der Waals surface area contributed by atoms with E-state index in [2.05, 4.69) is 21.2 Å². The number of carbonyl (C=O) groups is 2. The van der Waals surface area contributed by atoms with Gasteiger partial charge in [-0.25, -0.2) is 8.42 Å². The van der Waals surface area contributed by atoms with Crippen LogP contribution in [-0.2, 0) is 32.6 Å². The molecule has 0 fully saturated rings.